The van der Waals surface area contributed by atoms with E-state index in [1.807, 2.05) is 19.1 Å². The third-order valence-electron chi connectivity index (χ3n) is 6.65. The van der Waals surface area contributed by atoms with Crippen LogP contribution in [-0.2, 0) is 9.59 Å². The first-order valence-electron chi connectivity index (χ1n) is 14.1. The van der Waals surface area contributed by atoms with Gasteiger partial charge < -0.3 is 15.1 Å². The fraction of sp³-hybridized carbons (Fsp3) is 0.633. The van der Waals surface area contributed by atoms with Crippen LogP contribution in [0.3, 0.4) is 0 Å². The molecule has 0 saturated heterocycles. The molecule has 2 amide bonds. The van der Waals surface area contributed by atoms with Crippen molar-refractivity contribution >= 4 is 28.5 Å². The number of unbranched alkanes of at least 4 members (excludes halogenated alkanes) is 12. The van der Waals surface area contributed by atoms with E-state index in [4.69, 9.17) is 4.42 Å². The van der Waals surface area contributed by atoms with Crippen molar-refractivity contribution < 1.29 is 14.0 Å². The number of fused-ring (bicyclic) bond motifs is 1. The summed E-state index contributed by atoms with van der Waals surface area (Å²) in [6.45, 7) is 4.78. The molecule has 0 bridgehead atoms. The number of carbonyl (C=O) groups is 2. The van der Waals surface area contributed by atoms with Gasteiger partial charge in [0.05, 0.1) is 0 Å². The molecule has 0 radical (unpaired) electrons. The molecule has 0 spiro atoms. The van der Waals surface area contributed by atoms with Crippen molar-refractivity contribution in [2.24, 2.45) is 0 Å². The molecule has 0 atom stereocenters. The Labute approximate surface area is 216 Å². The van der Waals surface area contributed by atoms with Gasteiger partial charge in [-0.05, 0) is 43.9 Å². The maximum atomic E-state index is 12.2. The molecule has 0 aliphatic rings. The summed E-state index contributed by atoms with van der Waals surface area (Å²) in [5, 5.41) is 6.72. The third kappa shape index (κ3) is 12.4. The predicted molar refractivity (Wildman–Crippen MR) is 148 cm³/mol. The summed E-state index contributed by atoms with van der Waals surface area (Å²) in [6, 6.07) is 6.81. The average Bonchev–Trinajstić information content (AvgIpc) is 2.84. The maximum absolute atomic E-state index is 12.2. The topological polar surface area (TPSA) is 88.4 Å². The molecule has 6 heteroatoms. The van der Waals surface area contributed by atoms with Gasteiger partial charge in [0.2, 0.25) is 11.8 Å². The maximum Gasteiger partial charge on any atom is 0.336 e. The van der Waals surface area contributed by atoms with Crippen LogP contribution < -0.4 is 16.3 Å². The second-order valence-electron chi connectivity index (χ2n) is 9.95. The minimum atomic E-state index is -0.394. The van der Waals surface area contributed by atoms with E-state index in [0.717, 1.165) is 43.1 Å². The summed E-state index contributed by atoms with van der Waals surface area (Å²) in [7, 11) is 0. The molecule has 2 aromatic rings. The molecule has 1 aromatic heterocycles. The van der Waals surface area contributed by atoms with Gasteiger partial charge in [0.25, 0.3) is 0 Å². The Kier molecular flexibility index (Phi) is 14.6. The zero-order chi connectivity index (χ0) is 26.0. The lowest BCUT2D eigenvalue weighted by Gasteiger charge is -2.08. The Hall–Kier alpha value is -2.63. The molecule has 2 rings (SSSR count). The molecular formula is C30H46N2O4. The van der Waals surface area contributed by atoms with E-state index >= 15 is 0 Å². The van der Waals surface area contributed by atoms with Gasteiger partial charge in [0, 0.05) is 42.6 Å². The molecule has 0 unspecified atom stereocenters. The van der Waals surface area contributed by atoms with Gasteiger partial charge in [-0.3, -0.25) is 9.59 Å². The highest BCUT2D eigenvalue weighted by Crippen LogP contribution is 2.21. The molecule has 6 nitrogen and oxygen atoms in total. The summed E-state index contributed by atoms with van der Waals surface area (Å²) in [5.41, 5.74) is 1.55. The minimum absolute atomic E-state index is 0.0649. The monoisotopic (exact) mass is 498 g/mol. The SMILES string of the molecule is CCCCCCCCCCCCCC(=O)NCCCCCC(=O)Nc1ccc2c(C)cc(=O)oc2c1. The number of hydrogen-bond acceptors (Lipinski definition) is 4. The summed E-state index contributed by atoms with van der Waals surface area (Å²) in [6.07, 6.45) is 17.7. The highest BCUT2D eigenvalue weighted by Gasteiger charge is 2.07. The van der Waals surface area contributed by atoms with Gasteiger partial charge >= 0.3 is 5.63 Å². The number of benzene rings is 1. The second-order valence-corrected chi connectivity index (χ2v) is 9.95. The molecule has 0 aliphatic heterocycles. The van der Waals surface area contributed by atoms with E-state index in [0.29, 0.717) is 30.7 Å². The zero-order valence-electron chi connectivity index (χ0n) is 22.5. The molecule has 1 heterocycles. The van der Waals surface area contributed by atoms with E-state index in [-0.39, 0.29) is 11.8 Å². The highest BCUT2D eigenvalue weighted by molar-refractivity contribution is 5.93. The number of rotatable bonds is 19. The lowest BCUT2D eigenvalue weighted by molar-refractivity contribution is -0.121. The molecule has 36 heavy (non-hydrogen) atoms. The number of aryl methyl sites for hydroxylation is 1. The number of anilines is 1. The summed E-state index contributed by atoms with van der Waals surface area (Å²) in [4.78, 5) is 35.8. The lowest BCUT2D eigenvalue weighted by atomic mass is 10.1. The van der Waals surface area contributed by atoms with Crippen molar-refractivity contribution in [2.75, 3.05) is 11.9 Å². The normalized spacial score (nSPS) is 11.1. The molecule has 0 fully saturated rings. The van der Waals surface area contributed by atoms with Crippen LogP contribution in [0.4, 0.5) is 5.69 Å². The van der Waals surface area contributed by atoms with Crippen molar-refractivity contribution in [1.82, 2.24) is 5.32 Å². The van der Waals surface area contributed by atoms with Gasteiger partial charge in [-0.15, -0.1) is 0 Å². The molecule has 1 aromatic carbocycles. The van der Waals surface area contributed by atoms with E-state index in [2.05, 4.69) is 17.6 Å². The summed E-state index contributed by atoms with van der Waals surface area (Å²) >= 11 is 0. The van der Waals surface area contributed by atoms with Crippen LogP contribution in [0.1, 0.15) is 115 Å². The van der Waals surface area contributed by atoms with E-state index in [1.54, 1.807) is 6.07 Å². The van der Waals surface area contributed by atoms with Crippen LogP contribution in [0.2, 0.25) is 0 Å². The van der Waals surface area contributed by atoms with Gasteiger partial charge in [0.1, 0.15) is 5.58 Å². The van der Waals surface area contributed by atoms with Crippen LogP contribution in [0.25, 0.3) is 11.0 Å². The van der Waals surface area contributed by atoms with Crippen LogP contribution in [0.15, 0.2) is 33.5 Å². The Bertz CT molecular complexity index is 983. The smallest absolute Gasteiger partial charge is 0.336 e. The van der Waals surface area contributed by atoms with Crippen molar-refractivity contribution in [3.8, 4) is 0 Å². The number of amides is 2. The van der Waals surface area contributed by atoms with Crippen molar-refractivity contribution in [2.45, 2.75) is 117 Å². The Morgan fingerprint density at radius 3 is 2.00 bits per heavy atom. The first-order chi connectivity index (χ1) is 17.5. The van der Waals surface area contributed by atoms with Gasteiger partial charge in [-0.1, -0.05) is 77.6 Å². The lowest BCUT2D eigenvalue weighted by Crippen LogP contribution is -2.24. The second kappa shape index (κ2) is 17.7. The van der Waals surface area contributed by atoms with E-state index in [1.165, 1.54) is 63.9 Å². The van der Waals surface area contributed by atoms with Crippen molar-refractivity contribution in [1.29, 1.82) is 0 Å². The van der Waals surface area contributed by atoms with Crippen molar-refractivity contribution in [3.63, 3.8) is 0 Å². The predicted octanol–water partition coefficient (Wildman–Crippen LogP) is 7.42. The molecule has 200 valence electrons. The average molecular weight is 499 g/mol. The van der Waals surface area contributed by atoms with Gasteiger partial charge in [-0.25, -0.2) is 4.79 Å². The summed E-state index contributed by atoms with van der Waals surface area (Å²) in [5.74, 6) is 0.0757. The Morgan fingerprint density at radius 2 is 1.33 bits per heavy atom. The van der Waals surface area contributed by atoms with E-state index in [9.17, 15) is 14.4 Å². The van der Waals surface area contributed by atoms with E-state index < -0.39 is 5.63 Å². The standard InChI is InChI=1S/C30H46N2O4/c1-3-4-5-6-7-8-9-10-11-12-14-17-28(33)31-21-16-13-15-18-29(34)32-25-19-20-26-24(2)22-30(35)36-27(26)23-25/h19-20,22-23H,3-18,21H2,1-2H3,(H,31,33)(H,32,34). The Balaban J connectivity index is 1.44. The van der Waals surface area contributed by atoms with Crippen LogP contribution in [0, 0.1) is 6.92 Å². The summed E-state index contributed by atoms with van der Waals surface area (Å²) < 4.78 is 5.23. The van der Waals surface area contributed by atoms with Gasteiger partial charge in [-0.2, -0.15) is 0 Å². The molecular weight excluding hydrogens is 452 g/mol. The van der Waals surface area contributed by atoms with Crippen LogP contribution in [0.5, 0.6) is 0 Å². The first kappa shape index (κ1) is 29.6. The van der Waals surface area contributed by atoms with Crippen LogP contribution in [-0.4, -0.2) is 18.4 Å². The van der Waals surface area contributed by atoms with Gasteiger partial charge in [0.15, 0.2) is 0 Å². The number of carbonyl (C=O) groups excluding carboxylic acids is 2. The third-order valence-corrected chi connectivity index (χ3v) is 6.65. The van der Waals surface area contributed by atoms with Crippen molar-refractivity contribution in [3.05, 3.63) is 40.2 Å². The Morgan fingerprint density at radius 1 is 0.750 bits per heavy atom. The highest BCUT2D eigenvalue weighted by atomic mass is 16.4. The molecule has 0 saturated carbocycles. The minimum Gasteiger partial charge on any atom is -0.423 e. The number of hydrogen-bond donors (Lipinski definition) is 2. The first-order valence-corrected chi connectivity index (χ1v) is 14.1. The fourth-order valence-corrected chi connectivity index (χ4v) is 4.48. The fourth-order valence-electron chi connectivity index (χ4n) is 4.48. The molecule has 0 aliphatic carbocycles. The largest absolute Gasteiger partial charge is 0.423 e. The van der Waals surface area contributed by atoms with Crippen LogP contribution >= 0.6 is 0 Å². The zero-order valence-corrected chi connectivity index (χ0v) is 22.5. The number of nitrogens with one attached hydrogen (secondary N) is 2. The molecule has 2 N–H and O–H groups in total. The quantitative estimate of drug-likeness (QED) is 0.156.